The monoisotopic (exact) mass is 411 g/mol. The zero-order valence-electron chi connectivity index (χ0n) is 18.0. The fourth-order valence-corrected chi connectivity index (χ4v) is 5.74. The molecule has 1 fully saturated rings. The van der Waals surface area contributed by atoms with E-state index in [1.807, 2.05) is 6.08 Å². The highest BCUT2D eigenvalue weighted by Gasteiger charge is 2.42. The second kappa shape index (κ2) is 8.90. The summed E-state index contributed by atoms with van der Waals surface area (Å²) in [7, 11) is 0. The Kier molecular flexibility index (Phi) is 6.25. The molecule has 1 aliphatic heterocycles. The number of hydrogen-bond acceptors (Lipinski definition) is 4. The van der Waals surface area contributed by atoms with Gasteiger partial charge in [-0.2, -0.15) is 0 Å². The lowest BCUT2D eigenvalue weighted by atomic mass is 9.72. The predicted molar refractivity (Wildman–Crippen MR) is 116 cm³/mol. The maximum atomic E-state index is 13.6. The third kappa shape index (κ3) is 3.91. The number of hydroxylamine groups is 2. The van der Waals surface area contributed by atoms with E-state index in [1.165, 1.54) is 11.4 Å². The minimum atomic E-state index is -0.661. The molecule has 3 aliphatic carbocycles. The summed E-state index contributed by atoms with van der Waals surface area (Å²) in [5.74, 6) is -0.306. The van der Waals surface area contributed by atoms with Gasteiger partial charge in [0.05, 0.1) is 11.7 Å². The van der Waals surface area contributed by atoms with Crippen molar-refractivity contribution < 1.29 is 14.7 Å². The first-order valence-corrected chi connectivity index (χ1v) is 11.4. The summed E-state index contributed by atoms with van der Waals surface area (Å²) in [5.41, 5.74) is 3.77. The fourth-order valence-electron chi connectivity index (χ4n) is 5.74. The lowest BCUT2D eigenvalue weighted by Crippen LogP contribution is -3.09. The Hall–Kier alpha value is -2.18. The molecule has 0 bridgehead atoms. The molecule has 1 amide bonds. The summed E-state index contributed by atoms with van der Waals surface area (Å²) in [6, 6.07) is 0.317. The van der Waals surface area contributed by atoms with Crippen molar-refractivity contribution in [2.24, 2.45) is 11.8 Å². The van der Waals surface area contributed by atoms with Gasteiger partial charge in [0.25, 0.3) is 5.91 Å². The highest BCUT2D eigenvalue weighted by molar-refractivity contribution is 6.24. The zero-order valence-corrected chi connectivity index (χ0v) is 18.0. The number of carbonyl (C=O) groups is 2. The highest BCUT2D eigenvalue weighted by Crippen LogP contribution is 2.45. The Bertz CT molecular complexity index is 826. The van der Waals surface area contributed by atoms with Crippen LogP contribution in [0, 0.1) is 17.0 Å². The molecule has 0 radical (unpaired) electrons. The molecule has 0 aromatic carbocycles. The second-order valence-corrected chi connectivity index (χ2v) is 9.15. The van der Waals surface area contributed by atoms with E-state index in [0.29, 0.717) is 23.7 Å². The van der Waals surface area contributed by atoms with Crippen molar-refractivity contribution >= 4 is 12.2 Å². The van der Waals surface area contributed by atoms with Crippen LogP contribution in [0.15, 0.2) is 47.1 Å². The number of carbonyl (C=O) groups excluding carboxylic acids is 2. The number of nitrogens with one attached hydrogen (secondary N) is 2. The minimum absolute atomic E-state index is 0.0570. The van der Waals surface area contributed by atoms with Crippen molar-refractivity contribution in [3.05, 3.63) is 52.3 Å². The summed E-state index contributed by atoms with van der Waals surface area (Å²) in [6.07, 6.45) is 16.5. The second-order valence-electron chi connectivity index (χ2n) is 9.15. The van der Waals surface area contributed by atoms with Crippen LogP contribution in [0.4, 0.5) is 0 Å². The number of amides is 1. The molecule has 5 unspecified atom stereocenters. The van der Waals surface area contributed by atoms with Crippen LogP contribution in [0.2, 0.25) is 0 Å². The summed E-state index contributed by atoms with van der Waals surface area (Å²) < 4.78 is 0. The average Bonchev–Trinajstić information content (AvgIpc) is 3.11. The quantitative estimate of drug-likeness (QED) is 0.316. The molecule has 5 atom stereocenters. The number of rotatable bonds is 5. The molecule has 6 heteroatoms. The molecule has 2 N–H and O–H groups in total. The van der Waals surface area contributed by atoms with Gasteiger partial charge in [-0.15, -0.1) is 0 Å². The van der Waals surface area contributed by atoms with Gasteiger partial charge in [-0.1, -0.05) is 31.1 Å². The number of quaternary nitrogens is 1. The van der Waals surface area contributed by atoms with E-state index >= 15 is 0 Å². The predicted octanol–water partition coefficient (Wildman–Crippen LogP) is 2.71. The van der Waals surface area contributed by atoms with Gasteiger partial charge in [-0.3, -0.25) is 9.59 Å². The minimum Gasteiger partial charge on any atom is -0.629 e. The molecular weight excluding hydrogens is 378 g/mol. The standard InChI is InChI=1S/C24H33N3O3/c1-16-12-13-17(2)26(16)21-14-22(27(30)18-8-4-3-5-9-18)24(25-23(29)15-28)20-11-7-6-10-19(20)21/h3-4,12,14-15,17-20,27H,5-11,13H2,1-2H3,(H,25,29). The smallest absolute Gasteiger partial charge is 0.288 e. The van der Waals surface area contributed by atoms with Crippen molar-refractivity contribution in [2.45, 2.75) is 77.3 Å². The molecule has 6 nitrogen and oxygen atoms in total. The molecule has 4 aliphatic rings. The summed E-state index contributed by atoms with van der Waals surface area (Å²) in [6.45, 7) is 4.37. The van der Waals surface area contributed by atoms with E-state index in [-0.39, 0.29) is 22.9 Å². The zero-order chi connectivity index (χ0) is 21.3. The van der Waals surface area contributed by atoms with Gasteiger partial charge in [0, 0.05) is 48.2 Å². The Morgan fingerprint density at radius 2 is 1.97 bits per heavy atom. The van der Waals surface area contributed by atoms with E-state index in [2.05, 4.69) is 42.3 Å². The Morgan fingerprint density at radius 1 is 1.20 bits per heavy atom. The van der Waals surface area contributed by atoms with Crippen LogP contribution in [0.3, 0.4) is 0 Å². The molecule has 0 saturated heterocycles. The van der Waals surface area contributed by atoms with Gasteiger partial charge in [-0.05, 0) is 39.5 Å². The van der Waals surface area contributed by atoms with Crippen molar-refractivity contribution in [3.8, 4) is 0 Å². The van der Waals surface area contributed by atoms with Gasteiger partial charge >= 0.3 is 0 Å². The topological polar surface area (TPSA) is 76.9 Å². The Morgan fingerprint density at radius 3 is 2.60 bits per heavy atom. The molecule has 1 heterocycles. The van der Waals surface area contributed by atoms with Crippen molar-refractivity contribution in [1.29, 1.82) is 0 Å². The number of fused-ring (bicyclic) bond motifs is 1. The number of allylic oxidation sites excluding steroid dienone is 5. The summed E-state index contributed by atoms with van der Waals surface area (Å²) >= 11 is 0. The number of aldehydes is 1. The average molecular weight is 412 g/mol. The van der Waals surface area contributed by atoms with Gasteiger partial charge < -0.3 is 20.5 Å². The molecule has 30 heavy (non-hydrogen) atoms. The van der Waals surface area contributed by atoms with Gasteiger partial charge in [0.2, 0.25) is 6.29 Å². The van der Waals surface area contributed by atoms with E-state index in [4.69, 9.17) is 0 Å². The highest BCUT2D eigenvalue weighted by atomic mass is 16.5. The molecule has 0 spiro atoms. The van der Waals surface area contributed by atoms with Gasteiger partial charge in [0.15, 0.2) is 5.70 Å². The number of nitrogens with zero attached hydrogens (tertiary/aromatic N) is 1. The van der Waals surface area contributed by atoms with E-state index in [1.54, 1.807) is 0 Å². The van der Waals surface area contributed by atoms with Crippen LogP contribution in [-0.2, 0) is 9.59 Å². The van der Waals surface area contributed by atoms with Crippen LogP contribution in [0.1, 0.15) is 65.2 Å². The molecular formula is C24H33N3O3. The normalized spacial score (nSPS) is 32.3. The Balaban J connectivity index is 1.80. The van der Waals surface area contributed by atoms with Crippen molar-refractivity contribution in [3.63, 3.8) is 0 Å². The lowest BCUT2D eigenvalue weighted by molar-refractivity contribution is -0.833. The van der Waals surface area contributed by atoms with Gasteiger partial charge in [-0.25, -0.2) is 0 Å². The van der Waals surface area contributed by atoms with Crippen LogP contribution < -0.4 is 10.4 Å². The molecule has 0 aromatic heterocycles. The summed E-state index contributed by atoms with van der Waals surface area (Å²) in [5, 5.41) is 16.6. The third-order valence-electron chi connectivity index (χ3n) is 7.22. The number of hydrogen-bond donors (Lipinski definition) is 2. The van der Waals surface area contributed by atoms with Crippen LogP contribution in [0.5, 0.6) is 0 Å². The maximum Gasteiger partial charge on any atom is 0.288 e. The van der Waals surface area contributed by atoms with E-state index < -0.39 is 5.91 Å². The lowest BCUT2D eigenvalue weighted by Gasteiger charge is -2.45. The SMILES string of the molecule is CC1=CCC(C)N1C1=CC([NH+]([O-])C2CC=CCC2)=C(NC(=O)C=O)C2CCCCC12. The van der Waals surface area contributed by atoms with Crippen LogP contribution in [0.25, 0.3) is 0 Å². The molecule has 4 rings (SSSR count). The van der Waals surface area contributed by atoms with Crippen molar-refractivity contribution in [1.82, 2.24) is 10.2 Å². The third-order valence-corrected chi connectivity index (χ3v) is 7.22. The van der Waals surface area contributed by atoms with Crippen LogP contribution in [-0.4, -0.2) is 29.2 Å². The first kappa shape index (κ1) is 21.1. The van der Waals surface area contributed by atoms with E-state index in [9.17, 15) is 14.8 Å². The largest absolute Gasteiger partial charge is 0.629 e. The summed E-state index contributed by atoms with van der Waals surface area (Å²) in [4.78, 5) is 25.6. The first-order chi connectivity index (χ1) is 14.5. The molecule has 1 saturated carbocycles. The van der Waals surface area contributed by atoms with Crippen molar-refractivity contribution in [2.75, 3.05) is 0 Å². The Labute approximate surface area is 178 Å². The van der Waals surface area contributed by atoms with Crippen LogP contribution >= 0.6 is 0 Å². The van der Waals surface area contributed by atoms with Gasteiger partial charge in [0.1, 0.15) is 0 Å². The fraction of sp³-hybridized carbons (Fsp3) is 0.583. The molecule has 162 valence electrons. The van der Waals surface area contributed by atoms with E-state index in [0.717, 1.165) is 51.4 Å². The maximum absolute atomic E-state index is 13.6. The molecule has 0 aromatic rings. The first-order valence-electron chi connectivity index (χ1n) is 11.4.